The SMILES string of the molecule is NC1(CNc2nccc3cc4c(cc23)OCO4)CCC1. The van der Waals surface area contributed by atoms with Gasteiger partial charge in [-0.3, -0.25) is 0 Å². The van der Waals surface area contributed by atoms with Gasteiger partial charge in [0, 0.05) is 23.7 Å². The summed E-state index contributed by atoms with van der Waals surface area (Å²) >= 11 is 0. The Hall–Kier alpha value is -2.01. The van der Waals surface area contributed by atoms with E-state index < -0.39 is 0 Å². The van der Waals surface area contributed by atoms with Crippen molar-refractivity contribution in [3.63, 3.8) is 0 Å². The zero-order valence-corrected chi connectivity index (χ0v) is 11.2. The van der Waals surface area contributed by atoms with E-state index >= 15 is 0 Å². The number of aromatic nitrogens is 1. The van der Waals surface area contributed by atoms with Crippen molar-refractivity contribution in [3.05, 3.63) is 24.4 Å². The first-order valence-corrected chi connectivity index (χ1v) is 6.95. The molecule has 104 valence electrons. The van der Waals surface area contributed by atoms with Crippen molar-refractivity contribution in [1.29, 1.82) is 0 Å². The maximum atomic E-state index is 6.25. The first kappa shape index (κ1) is 11.8. The van der Waals surface area contributed by atoms with Crippen LogP contribution in [0, 0.1) is 0 Å². The van der Waals surface area contributed by atoms with Crippen LogP contribution in [0.4, 0.5) is 5.82 Å². The van der Waals surface area contributed by atoms with Gasteiger partial charge in [-0.05, 0) is 42.8 Å². The first-order valence-electron chi connectivity index (χ1n) is 6.95. The molecule has 2 aromatic rings. The number of ether oxygens (including phenoxy) is 2. The summed E-state index contributed by atoms with van der Waals surface area (Å²) in [5.74, 6) is 2.43. The van der Waals surface area contributed by atoms with E-state index in [-0.39, 0.29) is 12.3 Å². The molecular weight excluding hydrogens is 254 g/mol. The topological polar surface area (TPSA) is 69.4 Å². The second-order valence-electron chi connectivity index (χ2n) is 5.66. The lowest BCUT2D eigenvalue weighted by atomic mass is 9.78. The van der Waals surface area contributed by atoms with Gasteiger partial charge in [-0.1, -0.05) is 0 Å². The van der Waals surface area contributed by atoms with E-state index in [0.29, 0.717) is 0 Å². The highest BCUT2D eigenvalue weighted by molar-refractivity contribution is 5.94. The van der Waals surface area contributed by atoms with E-state index in [0.717, 1.165) is 47.5 Å². The molecule has 4 rings (SSSR count). The lowest BCUT2D eigenvalue weighted by Crippen LogP contribution is -2.52. The van der Waals surface area contributed by atoms with Gasteiger partial charge in [0.2, 0.25) is 6.79 Å². The Morgan fingerprint density at radius 2 is 2.05 bits per heavy atom. The molecule has 1 aliphatic heterocycles. The number of nitrogens with two attached hydrogens (primary N) is 1. The fraction of sp³-hybridized carbons (Fsp3) is 0.400. The molecule has 0 amide bonds. The molecule has 0 bridgehead atoms. The highest BCUT2D eigenvalue weighted by atomic mass is 16.7. The van der Waals surface area contributed by atoms with Crippen LogP contribution in [0.2, 0.25) is 0 Å². The van der Waals surface area contributed by atoms with Crippen LogP contribution >= 0.6 is 0 Å². The fourth-order valence-corrected chi connectivity index (χ4v) is 2.77. The second-order valence-corrected chi connectivity index (χ2v) is 5.66. The van der Waals surface area contributed by atoms with Gasteiger partial charge in [0.1, 0.15) is 5.82 Å². The van der Waals surface area contributed by atoms with Crippen LogP contribution < -0.4 is 20.5 Å². The quantitative estimate of drug-likeness (QED) is 0.896. The largest absolute Gasteiger partial charge is 0.454 e. The Balaban J connectivity index is 1.68. The number of anilines is 1. The Kier molecular flexibility index (Phi) is 2.50. The van der Waals surface area contributed by atoms with Crippen molar-refractivity contribution < 1.29 is 9.47 Å². The van der Waals surface area contributed by atoms with Crippen LogP contribution in [0.5, 0.6) is 11.5 Å². The molecule has 5 nitrogen and oxygen atoms in total. The van der Waals surface area contributed by atoms with Crippen molar-refractivity contribution >= 4 is 16.6 Å². The summed E-state index contributed by atoms with van der Waals surface area (Å²) in [6.45, 7) is 1.04. The van der Waals surface area contributed by atoms with E-state index in [1.54, 1.807) is 6.20 Å². The molecule has 1 fully saturated rings. The Bertz CT molecular complexity index is 667. The van der Waals surface area contributed by atoms with Crippen molar-refractivity contribution in [1.82, 2.24) is 4.98 Å². The number of nitrogens with one attached hydrogen (secondary N) is 1. The summed E-state index contributed by atoms with van der Waals surface area (Å²) in [5, 5.41) is 5.52. The number of nitrogens with zero attached hydrogens (tertiary/aromatic N) is 1. The molecule has 0 saturated heterocycles. The van der Waals surface area contributed by atoms with Crippen LogP contribution in [-0.4, -0.2) is 23.9 Å². The molecule has 0 spiro atoms. The zero-order valence-electron chi connectivity index (χ0n) is 11.2. The van der Waals surface area contributed by atoms with Crippen LogP contribution in [0.3, 0.4) is 0 Å². The minimum absolute atomic E-state index is 0.0693. The summed E-state index contributed by atoms with van der Waals surface area (Å²) in [6, 6.07) is 5.95. The number of rotatable bonds is 3. The molecule has 0 unspecified atom stereocenters. The third-order valence-electron chi connectivity index (χ3n) is 4.21. The molecule has 1 saturated carbocycles. The highest BCUT2D eigenvalue weighted by Gasteiger charge is 2.32. The Morgan fingerprint density at radius 1 is 1.25 bits per heavy atom. The molecule has 3 N–H and O–H groups in total. The van der Waals surface area contributed by atoms with E-state index in [1.807, 2.05) is 18.2 Å². The maximum absolute atomic E-state index is 6.25. The van der Waals surface area contributed by atoms with Crippen molar-refractivity contribution in [2.45, 2.75) is 24.8 Å². The van der Waals surface area contributed by atoms with Gasteiger partial charge in [-0.15, -0.1) is 0 Å². The van der Waals surface area contributed by atoms with Gasteiger partial charge < -0.3 is 20.5 Å². The predicted molar refractivity (Wildman–Crippen MR) is 77.1 cm³/mol. The summed E-state index contributed by atoms with van der Waals surface area (Å²) in [6.07, 6.45) is 5.19. The number of hydrogen-bond donors (Lipinski definition) is 2. The Morgan fingerprint density at radius 3 is 2.80 bits per heavy atom. The third-order valence-corrected chi connectivity index (χ3v) is 4.21. The minimum atomic E-state index is -0.0693. The normalized spacial score (nSPS) is 18.9. The van der Waals surface area contributed by atoms with Gasteiger partial charge in [0.05, 0.1) is 0 Å². The summed E-state index contributed by atoms with van der Waals surface area (Å²) in [7, 11) is 0. The molecule has 1 aliphatic carbocycles. The molecule has 2 aliphatic rings. The van der Waals surface area contributed by atoms with Gasteiger partial charge in [-0.25, -0.2) is 4.98 Å². The number of hydrogen-bond acceptors (Lipinski definition) is 5. The van der Waals surface area contributed by atoms with Crippen LogP contribution in [0.25, 0.3) is 10.8 Å². The molecule has 20 heavy (non-hydrogen) atoms. The molecule has 2 heterocycles. The van der Waals surface area contributed by atoms with Crippen molar-refractivity contribution in [3.8, 4) is 11.5 Å². The maximum Gasteiger partial charge on any atom is 0.231 e. The summed E-state index contributed by atoms with van der Waals surface area (Å²) < 4.78 is 10.8. The van der Waals surface area contributed by atoms with Crippen molar-refractivity contribution in [2.24, 2.45) is 5.73 Å². The molecule has 0 atom stereocenters. The third kappa shape index (κ3) is 1.86. The summed E-state index contributed by atoms with van der Waals surface area (Å²) in [4.78, 5) is 4.43. The van der Waals surface area contributed by atoms with Crippen LogP contribution in [-0.2, 0) is 0 Å². The minimum Gasteiger partial charge on any atom is -0.454 e. The van der Waals surface area contributed by atoms with Crippen LogP contribution in [0.1, 0.15) is 19.3 Å². The summed E-state index contributed by atoms with van der Waals surface area (Å²) in [5.41, 5.74) is 6.18. The average Bonchev–Trinajstić information content (AvgIpc) is 2.87. The second kappa shape index (κ2) is 4.24. The van der Waals surface area contributed by atoms with E-state index in [4.69, 9.17) is 15.2 Å². The van der Waals surface area contributed by atoms with Crippen LogP contribution in [0.15, 0.2) is 24.4 Å². The molecule has 0 radical (unpaired) electrons. The van der Waals surface area contributed by atoms with E-state index in [1.165, 1.54) is 6.42 Å². The van der Waals surface area contributed by atoms with E-state index in [9.17, 15) is 0 Å². The average molecular weight is 271 g/mol. The fourth-order valence-electron chi connectivity index (χ4n) is 2.77. The molecular formula is C15H17N3O2. The number of benzene rings is 1. The lowest BCUT2D eigenvalue weighted by molar-refractivity contribution is 0.174. The molecule has 5 heteroatoms. The molecule has 1 aromatic heterocycles. The monoisotopic (exact) mass is 271 g/mol. The lowest BCUT2D eigenvalue weighted by Gasteiger charge is -2.38. The zero-order chi connectivity index (χ0) is 13.6. The Labute approximate surface area is 117 Å². The van der Waals surface area contributed by atoms with E-state index in [2.05, 4.69) is 10.3 Å². The van der Waals surface area contributed by atoms with Gasteiger partial charge in [0.25, 0.3) is 0 Å². The van der Waals surface area contributed by atoms with Gasteiger partial charge in [-0.2, -0.15) is 0 Å². The number of pyridine rings is 1. The highest BCUT2D eigenvalue weighted by Crippen LogP contribution is 2.38. The van der Waals surface area contributed by atoms with Crippen molar-refractivity contribution in [2.75, 3.05) is 18.7 Å². The van der Waals surface area contributed by atoms with Gasteiger partial charge >= 0.3 is 0 Å². The standard InChI is InChI=1S/C15H17N3O2/c16-15(3-1-4-15)8-18-14-11-7-13-12(19-9-20-13)6-10(11)2-5-17-14/h2,5-7H,1,3-4,8-9,16H2,(H,17,18). The number of fused-ring (bicyclic) bond motifs is 2. The first-order chi connectivity index (χ1) is 9.73. The smallest absolute Gasteiger partial charge is 0.231 e. The predicted octanol–water partition coefficient (Wildman–Crippen LogP) is 2.26. The van der Waals surface area contributed by atoms with Gasteiger partial charge in [0.15, 0.2) is 11.5 Å². The molecule has 1 aromatic carbocycles.